The van der Waals surface area contributed by atoms with Crippen molar-refractivity contribution in [3.8, 4) is 0 Å². The van der Waals surface area contributed by atoms with Gasteiger partial charge in [0.2, 0.25) is 0 Å². The van der Waals surface area contributed by atoms with E-state index >= 15 is 0 Å². The Hall–Kier alpha value is -2.04. The number of benzene rings is 1. The Balaban J connectivity index is 2.62. The van der Waals surface area contributed by atoms with Gasteiger partial charge in [0.05, 0.1) is 16.8 Å². The van der Waals surface area contributed by atoms with Crippen LogP contribution in [0, 0.1) is 0 Å². The van der Waals surface area contributed by atoms with Gasteiger partial charge in [0.25, 0.3) is 0 Å². The molecule has 0 spiro atoms. The Morgan fingerprint density at radius 3 is 2.53 bits per heavy atom. The lowest BCUT2D eigenvalue weighted by Crippen LogP contribution is -2.06. The summed E-state index contributed by atoms with van der Waals surface area (Å²) in [6, 6.07) is 2.70. The van der Waals surface area contributed by atoms with Gasteiger partial charge >= 0.3 is 11.9 Å². The van der Waals surface area contributed by atoms with E-state index in [0.717, 1.165) is 5.56 Å². The van der Waals surface area contributed by atoms with E-state index in [4.69, 9.17) is 10.2 Å². The Morgan fingerprint density at radius 2 is 1.93 bits per heavy atom. The van der Waals surface area contributed by atoms with Crippen molar-refractivity contribution in [3.63, 3.8) is 0 Å². The van der Waals surface area contributed by atoms with E-state index < -0.39 is 11.9 Å². The fraction of sp³-hybridized carbons (Fsp3) is 0.200. The van der Waals surface area contributed by atoms with E-state index in [1.807, 2.05) is 0 Å². The van der Waals surface area contributed by atoms with Crippen molar-refractivity contribution in [1.82, 2.24) is 0 Å². The summed E-state index contributed by atoms with van der Waals surface area (Å²) < 4.78 is 0. The van der Waals surface area contributed by atoms with Gasteiger partial charge in [0.1, 0.15) is 0 Å². The quantitative estimate of drug-likeness (QED) is 0.674. The van der Waals surface area contributed by atoms with E-state index in [0.29, 0.717) is 18.7 Å². The van der Waals surface area contributed by atoms with Gasteiger partial charge in [-0.1, -0.05) is 0 Å². The maximum absolute atomic E-state index is 10.9. The van der Waals surface area contributed by atoms with Gasteiger partial charge < -0.3 is 15.5 Å². The summed E-state index contributed by atoms with van der Waals surface area (Å²) in [5, 5.41) is 20.7. The van der Waals surface area contributed by atoms with Crippen molar-refractivity contribution in [1.29, 1.82) is 0 Å². The number of fused-ring (bicyclic) bond motifs is 1. The van der Waals surface area contributed by atoms with Crippen LogP contribution in [0.2, 0.25) is 0 Å². The van der Waals surface area contributed by atoms with E-state index in [1.54, 1.807) is 0 Å². The highest BCUT2D eigenvalue weighted by Crippen LogP contribution is 2.28. The molecule has 0 aliphatic carbocycles. The van der Waals surface area contributed by atoms with E-state index in [-0.39, 0.29) is 11.1 Å². The molecule has 1 aromatic carbocycles. The van der Waals surface area contributed by atoms with Crippen molar-refractivity contribution < 1.29 is 19.8 Å². The van der Waals surface area contributed by atoms with Crippen molar-refractivity contribution in [2.45, 2.75) is 6.42 Å². The van der Waals surface area contributed by atoms with Gasteiger partial charge in [0.15, 0.2) is 0 Å². The Labute approximate surface area is 85.3 Å². The normalized spacial score (nSPS) is 13.1. The smallest absolute Gasteiger partial charge is 0.337 e. The van der Waals surface area contributed by atoms with Crippen LogP contribution in [0.5, 0.6) is 0 Å². The molecule has 1 aromatic rings. The molecule has 0 saturated heterocycles. The molecule has 0 amide bonds. The first-order chi connectivity index (χ1) is 7.09. The standard InChI is InChI=1S/C10H9NO4/c12-9(13)6-3-5-1-2-11-8(5)7(4-6)10(14)15/h3-4,11H,1-2H2,(H,12,13)(H,14,15). The molecular weight excluding hydrogens is 198 g/mol. The molecule has 0 radical (unpaired) electrons. The van der Waals surface area contributed by atoms with Gasteiger partial charge in [0, 0.05) is 6.54 Å². The Kier molecular flexibility index (Phi) is 2.07. The number of carbonyl (C=O) groups is 2. The third-order valence-corrected chi connectivity index (χ3v) is 2.39. The van der Waals surface area contributed by atoms with Crippen molar-refractivity contribution in [2.75, 3.05) is 11.9 Å². The van der Waals surface area contributed by atoms with Crippen LogP contribution < -0.4 is 5.32 Å². The number of nitrogens with one attached hydrogen (secondary N) is 1. The fourth-order valence-corrected chi connectivity index (χ4v) is 1.72. The van der Waals surface area contributed by atoms with E-state index in [9.17, 15) is 9.59 Å². The third kappa shape index (κ3) is 1.52. The highest BCUT2D eigenvalue weighted by atomic mass is 16.4. The lowest BCUT2D eigenvalue weighted by atomic mass is 10.0. The number of carboxylic acids is 2. The zero-order valence-corrected chi connectivity index (χ0v) is 7.78. The predicted octanol–water partition coefficient (Wildman–Crippen LogP) is 1.05. The summed E-state index contributed by atoms with van der Waals surface area (Å²) in [7, 11) is 0. The van der Waals surface area contributed by atoms with Crippen LogP contribution in [-0.4, -0.2) is 28.7 Å². The summed E-state index contributed by atoms with van der Waals surface area (Å²) in [6.45, 7) is 0.651. The number of hydrogen-bond acceptors (Lipinski definition) is 3. The number of rotatable bonds is 2. The molecule has 1 heterocycles. The van der Waals surface area contributed by atoms with Crippen LogP contribution in [0.25, 0.3) is 0 Å². The molecule has 15 heavy (non-hydrogen) atoms. The summed E-state index contributed by atoms with van der Waals surface area (Å²) in [5.74, 6) is -2.21. The summed E-state index contributed by atoms with van der Waals surface area (Å²) >= 11 is 0. The molecule has 1 aliphatic heterocycles. The average Bonchev–Trinajstić information content (AvgIpc) is 2.62. The number of hydrogen-bond donors (Lipinski definition) is 3. The van der Waals surface area contributed by atoms with Crippen LogP contribution in [0.15, 0.2) is 12.1 Å². The van der Waals surface area contributed by atoms with Crippen LogP contribution >= 0.6 is 0 Å². The van der Waals surface area contributed by atoms with Crippen molar-refractivity contribution in [2.24, 2.45) is 0 Å². The minimum Gasteiger partial charge on any atom is -0.478 e. The second-order valence-corrected chi connectivity index (χ2v) is 3.35. The maximum atomic E-state index is 10.9. The first kappa shape index (κ1) is 9.51. The minimum absolute atomic E-state index is 0.0230. The summed E-state index contributed by atoms with van der Waals surface area (Å²) in [6.07, 6.45) is 0.663. The zero-order valence-electron chi connectivity index (χ0n) is 7.78. The first-order valence-electron chi connectivity index (χ1n) is 4.47. The SMILES string of the molecule is O=C(O)c1cc2c(c(C(=O)O)c1)NCC2. The number of aromatic carboxylic acids is 2. The molecule has 2 rings (SSSR count). The lowest BCUT2D eigenvalue weighted by molar-refractivity contribution is 0.0696. The molecule has 0 aromatic heterocycles. The van der Waals surface area contributed by atoms with Gasteiger partial charge in [-0.05, 0) is 24.1 Å². The molecule has 0 fully saturated rings. The van der Waals surface area contributed by atoms with Gasteiger partial charge in [-0.2, -0.15) is 0 Å². The highest BCUT2D eigenvalue weighted by Gasteiger charge is 2.21. The van der Waals surface area contributed by atoms with E-state index in [2.05, 4.69) is 5.32 Å². The maximum Gasteiger partial charge on any atom is 0.337 e. The third-order valence-electron chi connectivity index (χ3n) is 2.39. The average molecular weight is 207 g/mol. The monoisotopic (exact) mass is 207 g/mol. The predicted molar refractivity (Wildman–Crippen MR) is 52.6 cm³/mol. The molecule has 1 aliphatic rings. The lowest BCUT2D eigenvalue weighted by Gasteiger charge is -2.06. The van der Waals surface area contributed by atoms with Crippen LogP contribution in [0.3, 0.4) is 0 Å². The molecule has 0 atom stereocenters. The second-order valence-electron chi connectivity index (χ2n) is 3.35. The first-order valence-corrected chi connectivity index (χ1v) is 4.47. The minimum atomic E-state index is -1.11. The molecular formula is C10H9NO4. The number of carboxylic acid groups (broad SMARTS) is 2. The summed E-state index contributed by atoms with van der Waals surface area (Å²) in [4.78, 5) is 21.7. The largest absolute Gasteiger partial charge is 0.478 e. The fourth-order valence-electron chi connectivity index (χ4n) is 1.72. The molecule has 0 bridgehead atoms. The Morgan fingerprint density at radius 1 is 1.20 bits per heavy atom. The molecule has 0 unspecified atom stereocenters. The van der Waals surface area contributed by atoms with Gasteiger partial charge in [-0.25, -0.2) is 9.59 Å². The molecule has 0 saturated carbocycles. The molecule has 78 valence electrons. The highest BCUT2D eigenvalue weighted by molar-refractivity contribution is 5.99. The Bertz CT molecular complexity index is 453. The van der Waals surface area contributed by atoms with Crippen LogP contribution in [-0.2, 0) is 6.42 Å². The van der Waals surface area contributed by atoms with Crippen LogP contribution in [0.4, 0.5) is 5.69 Å². The van der Waals surface area contributed by atoms with Gasteiger partial charge in [-0.3, -0.25) is 0 Å². The summed E-state index contributed by atoms with van der Waals surface area (Å²) in [5.41, 5.74) is 1.36. The molecule has 3 N–H and O–H groups in total. The van der Waals surface area contributed by atoms with Crippen molar-refractivity contribution >= 4 is 17.6 Å². The molecule has 5 heteroatoms. The van der Waals surface area contributed by atoms with Crippen molar-refractivity contribution in [3.05, 3.63) is 28.8 Å². The zero-order chi connectivity index (χ0) is 11.0. The topological polar surface area (TPSA) is 86.6 Å². The van der Waals surface area contributed by atoms with Gasteiger partial charge in [-0.15, -0.1) is 0 Å². The molecule has 5 nitrogen and oxygen atoms in total. The van der Waals surface area contributed by atoms with E-state index in [1.165, 1.54) is 12.1 Å². The van der Waals surface area contributed by atoms with Crippen LogP contribution in [0.1, 0.15) is 26.3 Å². The second kappa shape index (κ2) is 3.27. The number of anilines is 1.